The summed E-state index contributed by atoms with van der Waals surface area (Å²) in [7, 11) is 0. The summed E-state index contributed by atoms with van der Waals surface area (Å²) in [5.74, 6) is 1.45. The first-order valence-corrected chi connectivity index (χ1v) is 9.42. The minimum atomic E-state index is -0.691. The van der Waals surface area contributed by atoms with Gasteiger partial charge in [-0.3, -0.25) is 9.59 Å². The summed E-state index contributed by atoms with van der Waals surface area (Å²) in [6, 6.07) is 5.80. The molecule has 5 rings (SSSR count). The summed E-state index contributed by atoms with van der Waals surface area (Å²) >= 11 is 0. The van der Waals surface area contributed by atoms with E-state index < -0.39 is 12.1 Å². The minimum Gasteiger partial charge on any atom is -0.454 e. The molecule has 0 amide bonds. The molecular weight excluding hydrogens is 319 g/mol. The number of hydrogen-bond acceptors (Lipinski definition) is 3. The van der Waals surface area contributed by atoms with E-state index in [2.05, 4.69) is 0 Å². The second-order valence-electron chi connectivity index (χ2n) is 8.50. The van der Waals surface area contributed by atoms with E-state index in [4.69, 9.17) is 4.74 Å². The maximum Gasteiger partial charge on any atom is 0.310 e. The molecule has 25 heavy (non-hydrogen) atoms. The predicted molar refractivity (Wildman–Crippen MR) is 91.3 cm³/mol. The van der Waals surface area contributed by atoms with Crippen LogP contribution in [0.3, 0.4) is 0 Å². The third-order valence-corrected chi connectivity index (χ3v) is 6.50. The number of ketones is 1. The number of carbonyl (C=O) groups is 2. The van der Waals surface area contributed by atoms with Crippen LogP contribution in [0.5, 0.6) is 0 Å². The van der Waals surface area contributed by atoms with Crippen molar-refractivity contribution in [3.8, 4) is 0 Å². The number of rotatable bonds is 5. The van der Waals surface area contributed by atoms with Crippen molar-refractivity contribution < 1.29 is 18.7 Å². The highest BCUT2D eigenvalue weighted by Crippen LogP contribution is 2.60. The predicted octanol–water partition coefficient (Wildman–Crippen LogP) is 4.09. The molecular formula is C21H25FO3. The highest BCUT2D eigenvalue weighted by Gasteiger charge is 2.55. The van der Waals surface area contributed by atoms with Gasteiger partial charge in [-0.15, -0.1) is 0 Å². The van der Waals surface area contributed by atoms with Gasteiger partial charge < -0.3 is 4.74 Å². The molecule has 4 fully saturated rings. The topological polar surface area (TPSA) is 43.4 Å². The van der Waals surface area contributed by atoms with Crippen LogP contribution in [0.4, 0.5) is 4.39 Å². The fraction of sp³-hybridized carbons (Fsp3) is 0.619. The standard InChI is InChI=1S/C21H25FO3/c1-13(25-19(23)9-14-2-4-18(22)5-3-14)20(24)21-10-15-6-16(11-21)8-17(7-15)12-21/h2-5,13,15-17H,6-12H2,1H3/t13-,15?,16?,17?,21?/m1/s1. The molecule has 4 aliphatic carbocycles. The molecule has 0 aliphatic heterocycles. The van der Waals surface area contributed by atoms with E-state index in [9.17, 15) is 14.0 Å². The maximum atomic E-state index is 13.1. The van der Waals surface area contributed by atoms with Crippen LogP contribution >= 0.6 is 0 Å². The minimum absolute atomic E-state index is 0.0682. The first kappa shape index (κ1) is 16.7. The number of Topliss-reactive ketones (excluding diaryl/α,β-unsaturated/α-hetero) is 1. The van der Waals surface area contributed by atoms with Gasteiger partial charge in [0.05, 0.1) is 6.42 Å². The Morgan fingerprint density at radius 1 is 1.08 bits per heavy atom. The third kappa shape index (κ3) is 3.23. The van der Waals surface area contributed by atoms with Gasteiger partial charge in [0.25, 0.3) is 0 Å². The molecule has 134 valence electrons. The second kappa shape index (κ2) is 6.22. The van der Waals surface area contributed by atoms with Crippen molar-refractivity contribution in [2.45, 2.75) is 58.0 Å². The number of esters is 1. The summed E-state index contributed by atoms with van der Waals surface area (Å²) < 4.78 is 18.4. The maximum absolute atomic E-state index is 13.1. The molecule has 0 N–H and O–H groups in total. The fourth-order valence-electron chi connectivity index (χ4n) is 5.90. The Bertz CT molecular complexity index is 644. The first-order chi connectivity index (χ1) is 11.9. The summed E-state index contributed by atoms with van der Waals surface area (Å²) in [5, 5.41) is 0. The molecule has 0 aromatic heterocycles. The van der Waals surface area contributed by atoms with E-state index in [1.165, 1.54) is 31.4 Å². The lowest BCUT2D eigenvalue weighted by Gasteiger charge is -2.56. The molecule has 1 aromatic carbocycles. The largest absolute Gasteiger partial charge is 0.454 e. The van der Waals surface area contributed by atoms with Gasteiger partial charge in [0.2, 0.25) is 0 Å². The normalized spacial score (nSPS) is 33.9. The summed E-state index contributed by atoms with van der Waals surface area (Å²) in [5.41, 5.74) is 0.450. The molecule has 1 aromatic rings. The van der Waals surface area contributed by atoms with Crippen LogP contribution < -0.4 is 0 Å². The zero-order chi connectivity index (χ0) is 17.6. The van der Waals surface area contributed by atoms with E-state index >= 15 is 0 Å². The third-order valence-electron chi connectivity index (χ3n) is 6.50. The summed E-state index contributed by atoms with van der Waals surface area (Å²) in [4.78, 5) is 25.3. The van der Waals surface area contributed by atoms with Crippen molar-refractivity contribution in [1.29, 1.82) is 0 Å². The lowest BCUT2D eigenvalue weighted by molar-refractivity contribution is -0.164. The quantitative estimate of drug-likeness (QED) is 0.756. The zero-order valence-corrected chi connectivity index (χ0v) is 14.7. The van der Waals surface area contributed by atoms with Gasteiger partial charge in [-0.1, -0.05) is 12.1 Å². The van der Waals surface area contributed by atoms with Crippen molar-refractivity contribution in [3.63, 3.8) is 0 Å². The first-order valence-electron chi connectivity index (χ1n) is 9.42. The van der Waals surface area contributed by atoms with E-state index in [1.54, 1.807) is 19.1 Å². The van der Waals surface area contributed by atoms with E-state index in [-0.39, 0.29) is 23.4 Å². The molecule has 0 saturated heterocycles. The summed E-state index contributed by atoms with van der Waals surface area (Å²) in [6.45, 7) is 1.71. The Hall–Kier alpha value is -1.71. The fourth-order valence-corrected chi connectivity index (χ4v) is 5.90. The van der Waals surface area contributed by atoms with Crippen LogP contribution in [-0.4, -0.2) is 17.9 Å². The molecule has 4 heteroatoms. The SMILES string of the molecule is C[C@@H](OC(=O)Cc1ccc(F)cc1)C(=O)C12CC3CC(CC(C3)C1)C2. The molecule has 4 saturated carbocycles. The van der Waals surface area contributed by atoms with E-state index in [0.29, 0.717) is 23.3 Å². The Kier molecular flexibility index (Phi) is 4.17. The van der Waals surface area contributed by atoms with E-state index in [0.717, 1.165) is 19.3 Å². The van der Waals surface area contributed by atoms with Crippen molar-refractivity contribution in [2.24, 2.45) is 23.2 Å². The van der Waals surface area contributed by atoms with Gasteiger partial charge in [0.15, 0.2) is 11.9 Å². The van der Waals surface area contributed by atoms with Crippen LogP contribution in [0.15, 0.2) is 24.3 Å². The molecule has 1 atom stereocenters. The lowest BCUT2D eigenvalue weighted by Crippen LogP contribution is -2.52. The zero-order valence-electron chi connectivity index (χ0n) is 14.7. The van der Waals surface area contributed by atoms with Crippen LogP contribution in [0, 0.1) is 29.0 Å². The average Bonchev–Trinajstić information content (AvgIpc) is 2.55. The van der Waals surface area contributed by atoms with Crippen molar-refractivity contribution >= 4 is 11.8 Å². The molecule has 0 unspecified atom stereocenters. The van der Waals surface area contributed by atoms with Gasteiger partial charge in [0, 0.05) is 5.41 Å². The number of hydrogen-bond donors (Lipinski definition) is 0. The van der Waals surface area contributed by atoms with Crippen LogP contribution in [0.25, 0.3) is 0 Å². The van der Waals surface area contributed by atoms with Crippen molar-refractivity contribution in [1.82, 2.24) is 0 Å². The number of ether oxygens (including phenoxy) is 1. The Morgan fingerprint density at radius 2 is 1.60 bits per heavy atom. The van der Waals surface area contributed by atoms with Crippen molar-refractivity contribution in [3.05, 3.63) is 35.6 Å². The number of halogens is 1. The van der Waals surface area contributed by atoms with Gasteiger partial charge in [-0.05, 0) is 80.9 Å². The van der Waals surface area contributed by atoms with Crippen LogP contribution in [0.2, 0.25) is 0 Å². The number of benzene rings is 1. The second-order valence-corrected chi connectivity index (χ2v) is 8.50. The molecule has 0 radical (unpaired) electrons. The Morgan fingerprint density at radius 3 is 2.12 bits per heavy atom. The number of carbonyl (C=O) groups excluding carboxylic acids is 2. The monoisotopic (exact) mass is 344 g/mol. The van der Waals surface area contributed by atoms with Crippen LogP contribution in [0.1, 0.15) is 51.0 Å². The Labute approximate surface area is 147 Å². The highest BCUT2D eigenvalue weighted by atomic mass is 19.1. The average molecular weight is 344 g/mol. The van der Waals surface area contributed by atoms with E-state index in [1.807, 2.05) is 0 Å². The molecule has 4 bridgehead atoms. The molecule has 0 heterocycles. The summed E-state index contributed by atoms with van der Waals surface area (Å²) in [6.07, 6.45) is 6.18. The van der Waals surface area contributed by atoms with Gasteiger partial charge in [0.1, 0.15) is 5.82 Å². The molecule has 0 spiro atoms. The lowest BCUT2D eigenvalue weighted by atomic mass is 9.48. The molecule has 4 aliphatic rings. The smallest absolute Gasteiger partial charge is 0.310 e. The molecule has 3 nitrogen and oxygen atoms in total. The Balaban J connectivity index is 1.39. The van der Waals surface area contributed by atoms with Gasteiger partial charge in [-0.25, -0.2) is 4.39 Å². The van der Waals surface area contributed by atoms with Gasteiger partial charge >= 0.3 is 5.97 Å². The van der Waals surface area contributed by atoms with Crippen LogP contribution in [-0.2, 0) is 20.7 Å². The highest BCUT2D eigenvalue weighted by molar-refractivity contribution is 5.91. The van der Waals surface area contributed by atoms with Crippen molar-refractivity contribution in [2.75, 3.05) is 0 Å². The van der Waals surface area contributed by atoms with Gasteiger partial charge in [-0.2, -0.15) is 0 Å².